The summed E-state index contributed by atoms with van der Waals surface area (Å²) in [5, 5.41) is 23.8. The van der Waals surface area contributed by atoms with Gasteiger partial charge in [-0.1, -0.05) is 42.5 Å². The lowest BCUT2D eigenvalue weighted by atomic mass is 10.0. The predicted octanol–water partition coefficient (Wildman–Crippen LogP) is 1.25. The molecule has 0 aromatic heterocycles. The molecule has 2 amide bonds. The minimum Gasteiger partial charge on any atom is -0.508 e. The van der Waals surface area contributed by atoms with Crippen LogP contribution in [-0.4, -0.2) is 40.1 Å². The third kappa shape index (κ3) is 6.47. The smallest absolute Gasteiger partial charge is 0.326 e. The van der Waals surface area contributed by atoms with Gasteiger partial charge in [0.25, 0.3) is 0 Å². The SMILES string of the molecule is CC(=O)N[C@@H](Cc1ccccc1)C(=O)N[C@@H](Cc1ccc(O)cc1)C(=O)O. The predicted molar refractivity (Wildman–Crippen MR) is 99.1 cm³/mol. The van der Waals surface area contributed by atoms with Crippen molar-refractivity contribution in [1.82, 2.24) is 10.6 Å². The van der Waals surface area contributed by atoms with Gasteiger partial charge >= 0.3 is 5.97 Å². The minimum absolute atomic E-state index is 0.0550. The van der Waals surface area contributed by atoms with Crippen molar-refractivity contribution in [2.45, 2.75) is 31.8 Å². The number of carboxylic acid groups (broad SMARTS) is 1. The van der Waals surface area contributed by atoms with Crippen molar-refractivity contribution < 1.29 is 24.6 Å². The molecule has 0 saturated heterocycles. The van der Waals surface area contributed by atoms with Crippen molar-refractivity contribution in [1.29, 1.82) is 0 Å². The number of amides is 2. The van der Waals surface area contributed by atoms with E-state index in [0.717, 1.165) is 5.56 Å². The monoisotopic (exact) mass is 370 g/mol. The Bertz CT molecular complexity index is 790. The summed E-state index contributed by atoms with van der Waals surface area (Å²) in [6.45, 7) is 1.30. The van der Waals surface area contributed by atoms with E-state index < -0.39 is 24.0 Å². The van der Waals surface area contributed by atoms with E-state index in [9.17, 15) is 24.6 Å². The van der Waals surface area contributed by atoms with Crippen LogP contribution in [0.5, 0.6) is 5.75 Å². The highest BCUT2D eigenvalue weighted by atomic mass is 16.4. The van der Waals surface area contributed by atoms with Crippen LogP contribution in [0.15, 0.2) is 54.6 Å². The lowest BCUT2D eigenvalue weighted by Gasteiger charge is -2.21. The second kappa shape index (κ2) is 9.38. The maximum atomic E-state index is 12.6. The van der Waals surface area contributed by atoms with Gasteiger partial charge in [0.15, 0.2) is 0 Å². The van der Waals surface area contributed by atoms with Gasteiger partial charge in [0.2, 0.25) is 11.8 Å². The van der Waals surface area contributed by atoms with Gasteiger partial charge in [-0.3, -0.25) is 9.59 Å². The van der Waals surface area contributed by atoms with Crippen LogP contribution < -0.4 is 10.6 Å². The lowest BCUT2D eigenvalue weighted by molar-refractivity contribution is -0.142. The fourth-order valence-electron chi connectivity index (χ4n) is 2.64. The van der Waals surface area contributed by atoms with Crippen LogP contribution in [0, 0.1) is 0 Å². The second-order valence-electron chi connectivity index (χ2n) is 6.21. The Kier molecular flexibility index (Phi) is 6.93. The molecule has 0 saturated carbocycles. The van der Waals surface area contributed by atoms with E-state index in [1.807, 2.05) is 30.3 Å². The molecule has 2 aromatic carbocycles. The van der Waals surface area contributed by atoms with Crippen LogP contribution in [0.4, 0.5) is 0 Å². The molecule has 0 fully saturated rings. The standard InChI is InChI=1S/C20H22N2O5/c1-13(23)21-17(11-14-5-3-2-4-6-14)19(25)22-18(20(26)27)12-15-7-9-16(24)10-8-15/h2-10,17-18,24H,11-12H2,1H3,(H,21,23)(H,22,25)(H,26,27)/t17-,18-/m0/s1. The number of nitrogens with one attached hydrogen (secondary N) is 2. The highest BCUT2D eigenvalue weighted by Crippen LogP contribution is 2.12. The van der Waals surface area contributed by atoms with E-state index in [1.54, 1.807) is 12.1 Å². The highest BCUT2D eigenvalue weighted by molar-refractivity contribution is 5.90. The van der Waals surface area contributed by atoms with E-state index in [0.29, 0.717) is 5.56 Å². The summed E-state index contributed by atoms with van der Waals surface area (Å²) in [4.78, 5) is 35.6. The van der Waals surface area contributed by atoms with E-state index in [1.165, 1.54) is 19.1 Å². The van der Waals surface area contributed by atoms with Crippen LogP contribution in [0.2, 0.25) is 0 Å². The fourth-order valence-corrected chi connectivity index (χ4v) is 2.64. The molecule has 2 atom stereocenters. The van der Waals surface area contributed by atoms with Gasteiger partial charge in [0.05, 0.1) is 0 Å². The van der Waals surface area contributed by atoms with Crippen molar-refractivity contribution in [2.75, 3.05) is 0 Å². The van der Waals surface area contributed by atoms with Crippen molar-refractivity contribution >= 4 is 17.8 Å². The van der Waals surface area contributed by atoms with Gasteiger partial charge in [-0.15, -0.1) is 0 Å². The number of benzene rings is 2. The molecule has 0 unspecified atom stereocenters. The highest BCUT2D eigenvalue weighted by Gasteiger charge is 2.26. The summed E-state index contributed by atoms with van der Waals surface area (Å²) < 4.78 is 0. The Morgan fingerprint density at radius 1 is 0.852 bits per heavy atom. The second-order valence-corrected chi connectivity index (χ2v) is 6.21. The van der Waals surface area contributed by atoms with Gasteiger partial charge in [0.1, 0.15) is 17.8 Å². The summed E-state index contributed by atoms with van der Waals surface area (Å²) in [5.41, 5.74) is 1.50. The van der Waals surface area contributed by atoms with Gasteiger partial charge in [-0.05, 0) is 23.3 Å². The number of hydrogen-bond donors (Lipinski definition) is 4. The zero-order valence-electron chi connectivity index (χ0n) is 14.9. The molecule has 0 heterocycles. The zero-order chi connectivity index (χ0) is 19.8. The molecule has 0 radical (unpaired) electrons. The molecule has 2 rings (SSSR count). The van der Waals surface area contributed by atoms with E-state index in [2.05, 4.69) is 10.6 Å². The van der Waals surface area contributed by atoms with Crippen LogP contribution in [0.1, 0.15) is 18.1 Å². The molecule has 7 heteroatoms. The molecule has 0 aliphatic carbocycles. The molecule has 2 aromatic rings. The Balaban J connectivity index is 2.10. The first-order valence-electron chi connectivity index (χ1n) is 8.47. The number of phenols is 1. The van der Waals surface area contributed by atoms with Gasteiger partial charge < -0.3 is 20.8 Å². The normalized spacial score (nSPS) is 12.6. The van der Waals surface area contributed by atoms with E-state index in [4.69, 9.17) is 0 Å². The van der Waals surface area contributed by atoms with Crippen LogP contribution >= 0.6 is 0 Å². The fraction of sp³-hybridized carbons (Fsp3) is 0.250. The number of carbonyl (C=O) groups excluding carboxylic acids is 2. The third-order valence-electron chi connectivity index (χ3n) is 3.97. The van der Waals surface area contributed by atoms with Gasteiger partial charge in [-0.25, -0.2) is 4.79 Å². The summed E-state index contributed by atoms with van der Waals surface area (Å²) in [7, 11) is 0. The maximum Gasteiger partial charge on any atom is 0.326 e. The first-order chi connectivity index (χ1) is 12.8. The molecule has 0 spiro atoms. The molecule has 0 bridgehead atoms. The summed E-state index contributed by atoms with van der Waals surface area (Å²) >= 11 is 0. The van der Waals surface area contributed by atoms with Crippen molar-refractivity contribution in [2.24, 2.45) is 0 Å². The molecule has 0 aliphatic heterocycles. The molecule has 4 N–H and O–H groups in total. The summed E-state index contributed by atoms with van der Waals surface area (Å²) in [6.07, 6.45) is 0.303. The topological polar surface area (TPSA) is 116 Å². The number of aliphatic carboxylic acids is 1. The largest absolute Gasteiger partial charge is 0.508 e. The van der Waals surface area contributed by atoms with E-state index >= 15 is 0 Å². The van der Waals surface area contributed by atoms with Crippen LogP contribution in [0.25, 0.3) is 0 Å². The Hall–Kier alpha value is -3.35. The van der Waals surface area contributed by atoms with Crippen molar-refractivity contribution in [3.8, 4) is 5.75 Å². The molecule has 0 aliphatic rings. The quantitative estimate of drug-likeness (QED) is 0.558. The number of rotatable bonds is 8. The molecular weight excluding hydrogens is 348 g/mol. The molecule has 27 heavy (non-hydrogen) atoms. The zero-order valence-corrected chi connectivity index (χ0v) is 14.9. The van der Waals surface area contributed by atoms with Crippen molar-refractivity contribution in [3.63, 3.8) is 0 Å². The number of carboxylic acids is 1. The van der Waals surface area contributed by atoms with Crippen molar-refractivity contribution in [3.05, 3.63) is 65.7 Å². The lowest BCUT2D eigenvalue weighted by Crippen LogP contribution is -2.52. The average Bonchev–Trinajstić information content (AvgIpc) is 2.62. The van der Waals surface area contributed by atoms with Crippen LogP contribution in [0.3, 0.4) is 0 Å². The molecule has 7 nitrogen and oxygen atoms in total. The minimum atomic E-state index is -1.18. The third-order valence-corrected chi connectivity index (χ3v) is 3.97. The molecular formula is C20H22N2O5. The first kappa shape index (κ1) is 20.0. The Morgan fingerprint density at radius 2 is 1.41 bits per heavy atom. The summed E-state index contributed by atoms with van der Waals surface area (Å²) in [5.74, 6) is -2.06. The van der Waals surface area contributed by atoms with E-state index in [-0.39, 0.29) is 24.5 Å². The Morgan fingerprint density at radius 3 is 1.96 bits per heavy atom. The number of carbonyl (C=O) groups is 3. The summed E-state index contributed by atoms with van der Waals surface area (Å²) in [6, 6.07) is 13.2. The van der Waals surface area contributed by atoms with Gasteiger partial charge in [0, 0.05) is 19.8 Å². The maximum absolute atomic E-state index is 12.6. The number of aromatic hydroxyl groups is 1. The van der Waals surface area contributed by atoms with Crippen LogP contribution in [-0.2, 0) is 27.2 Å². The van der Waals surface area contributed by atoms with Gasteiger partial charge in [-0.2, -0.15) is 0 Å². The first-order valence-corrected chi connectivity index (χ1v) is 8.47. The Labute approximate surface area is 157 Å². The number of hydrogen-bond acceptors (Lipinski definition) is 4. The number of phenolic OH excluding ortho intramolecular Hbond substituents is 1. The average molecular weight is 370 g/mol. The molecule has 142 valence electrons.